The lowest BCUT2D eigenvalue weighted by Crippen LogP contribution is -2.34. The molecule has 0 atom stereocenters. The number of hydrogen-bond donors (Lipinski definition) is 0. The second kappa shape index (κ2) is 6.80. The van der Waals surface area contributed by atoms with Crippen LogP contribution in [-0.4, -0.2) is 28.2 Å². The van der Waals surface area contributed by atoms with Gasteiger partial charge in [0, 0.05) is 6.04 Å². The highest BCUT2D eigenvalue weighted by atomic mass is 35.5. The topological polar surface area (TPSA) is 42.2 Å². The molecule has 0 saturated heterocycles. The summed E-state index contributed by atoms with van der Waals surface area (Å²) >= 11 is 6.17. The van der Waals surface area contributed by atoms with Crippen LogP contribution in [0.3, 0.4) is 0 Å². The molecule has 1 fully saturated rings. The maximum absolute atomic E-state index is 6.17. The quantitative estimate of drug-likeness (QED) is 0.837. The molecular weight excluding hydrogens is 298 g/mol. The van der Waals surface area contributed by atoms with Crippen LogP contribution >= 0.6 is 11.6 Å². The number of aromatic nitrogens is 2. The van der Waals surface area contributed by atoms with Crippen molar-refractivity contribution in [3.8, 4) is 11.5 Å². The minimum absolute atomic E-state index is 0.492. The Morgan fingerprint density at radius 3 is 2.64 bits per heavy atom. The van der Waals surface area contributed by atoms with Gasteiger partial charge in [0.1, 0.15) is 0 Å². The first-order chi connectivity index (χ1) is 10.6. The number of hydrogen-bond acceptors (Lipinski definition) is 4. The highest BCUT2D eigenvalue weighted by molar-refractivity contribution is 6.33. The lowest BCUT2D eigenvalue weighted by atomic mass is 9.87. The van der Waals surface area contributed by atoms with Crippen molar-refractivity contribution in [2.45, 2.75) is 45.2 Å². The van der Waals surface area contributed by atoms with E-state index in [-0.39, 0.29) is 0 Å². The van der Waals surface area contributed by atoms with Crippen molar-refractivity contribution in [1.29, 1.82) is 0 Å². The summed E-state index contributed by atoms with van der Waals surface area (Å²) in [6.07, 6.45) is 5.12. The monoisotopic (exact) mass is 319 g/mol. The molecule has 1 aromatic heterocycles. The minimum Gasteiger partial charge on any atom is -0.419 e. The first-order valence-corrected chi connectivity index (χ1v) is 8.29. The van der Waals surface area contributed by atoms with Gasteiger partial charge in [0.15, 0.2) is 0 Å². The van der Waals surface area contributed by atoms with Gasteiger partial charge in [-0.3, -0.25) is 4.90 Å². The highest BCUT2D eigenvalue weighted by Gasteiger charge is 2.23. The predicted octanol–water partition coefficient (Wildman–Crippen LogP) is 4.40. The van der Waals surface area contributed by atoms with E-state index in [4.69, 9.17) is 16.0 Å². The Bertz CT molecular complexity index is 620. The summed E-state index contributed by atoms with van der Waals surface area (Å²) in [5, 5.41) is 8.93. The molecule has 0 amide bonds. The van der Waals surface area contributed by atoms with Crippen LogP contribution in [0.2, 0.25) is 5.02 Å². The van der Waals surface area contributed by atoms with Crippen LogP contribution in [0.25, 0.3) is 11.5 Å². The molecule has 0 spiro atoms. The average molecular weight is 320 g/mol. The Morgan fingerprint density at radius 1 is 1.18 bits per heavy atom. The van der Waals surface area contributed by atoms with Gasteiger partial charge >= 0.3 is 0 Å². The molecule has 1 heterocycles. The third-order valence-electron chi connectivity index (χ3n) is 4.56. The van der Waals surface area contributed by atoms with Crippen molar-refractivity contribution in [2.75, 3.05) is 7.05 Å². The molecule has 2 aromatic rings. The smallest absolute Gasteiger partial charge is 0.249 e. The maximum Gasteiger partial charge on any atom is 0.249 e. The zero-order chi connectivity index (χ0) is 15.5. The van der Waals surface area contributed by atoms with E-state index < -0.39 is 0 Å². The van der Waals surface area contributed by atoms with Crippen LogP contribution in [-0.2, 0) is 6.54 Å². The van der Waals surface area contributed by atoms with Gasteiger partial charge in [-0.15, -0.1) is 10.2 Å². The normalized spacial score (nSPS) is 22.2. The van der Waals surface area contributed by atoms with E-state index in [0.717, 1.165) is 11.5 Å². The van der Waals surface area contributed by atoms with E-state index in [1.54, 1.807) is 0 Å². The molecule has 4 nitrogen and oxygen atoms in total. The zero-order valence-corrected chi connectivity index (χ0v) is 13.9. The fourth-order valence-electron chi connectivity index (χ4n) is 3.09. The Kier molecular flexibility index (Phi) is 4.79. The lowest BCUT2D eigenvalue weighted by molar-refractivity contribution is 0.152. The summed E-state index contributed by atoms with van der Waals surface area (Å²) in [6, 6.07) is 8.15. The number of rotatable bonds is 4. The largest absolute Gasteiger partial charge is 0.419 e. The van der Waals surface area contributed by atoms with E-state index in [1.165, 1.54) is 25.7 Å². The van der Waals surface area contributed by atoms with Gasteiger partial charge in [-0.1, -0.05) is 30.7 Å². The van der Waals surface area contributed by atoms with Crippen LogP contribution in [0.1, 0.15) is 38.5 Å². The van der Waals surface area contributed by atoms with Crippen molar-refractivity contribution >= 4 is 11.6 Å². The molecular formula is C17H22ClN3O. The summed E-state index contributed by atoms with van der Waals surface area (Å²) in [6.45, 7) is 3.03. The van der Waals surface area contributed by atoms with Gasteiger partial charge in [0.05, 0.1) is 17.1 Å². The van der Waals surface area contributed by atoms with E-state index in [1.807, 2.05) is 24.3 Å². The van der Waals surface area contributed by atoms with Crippen molar-refractivity contribution < 1.29 is 4.42 Å². The van der Waals surface area contributed by atoms with Crippen molar-refractivity contribution in [1.82, 2.24) is 15.1 Å². The van der Waals surface area contributed by atoms with E-state index in [0.29, 0.717) is 29.4 Å². The minimum atomic E-state index is 0.492. The van der Waals surface area contributed by atoms with Gasteiger partial charge in [-0.2, -0.15) is 0 Å². The summed E-state index contributed by atoms with van der Waals surface area (Å²) in [4.78, 5) is 2.33. The van der Waals surface area contributed by atoms with Crippen molar-refractivity contribution in [3.05, 3.63) is 35.2 Å². The fourth-order valence-corrected chi connectivity index (χ4v) is 3.30. The summed E-state index contributed by atoms with van der Waals surface area (Å²) in [7, 11) is 2.14. The first kappa shape index (κ1) is 15.5. The Morgan fingerprint density at radius 2 is 1.91 bits per heavy atom. The highest BCUT2D eigenvalue weighted by Crippen LogP contribution is 2.29. The third-order valence-corrected chi connectivity index (χ3v) is 4.89. The molecule has 1 aliphatic carbocycles. The number of halogens is 1. The number of benzene rings is 1. The first-order valence-electron chi connectivity index (χ1n) is 7.91. The molecule has 3 rings (SSSR count). The van der Waals surface area contributed by atoms with Crippen LogP contribution < -0.4 is 0 Å². The molecule has 1 aromatic carbocycles. The molecule has 1 aliphatic rings. The zero-order valence-electron chi connectivity index (χ0n) is 13.1. The van der Waals surface area contributed by atoms with E-state index in [2.05, 4.69) is 29.1 Å². The van der Waals surface area contributed by atoms with E-state index >= 15 is 0 Å². The molecule has 118 valence electrons. The van der Waals surface area contributed by atoms with Gasteiger partial charge in [-0.05, 0) is 50.8 Å². The third kappa shape index (κ3) is 3.50. The van der Waals surface area contributed by atoms with Crippen molar-refractivity contribution in [3.63, 3.8) is 0 Å². The lowest BCUT2D eigenvalue weighted by Gasteiger charge is -2.32. The molecule has 0 bridgehead atoms. The summed E-state index contributed by atoms with van der Waals surface area (Å²) in [5.41, 5.74) is 0.789. The molecule has 22 heavy (non-hydrogen) atoms. The average Bonchev–Trinajstić information content (AvgIpc) is 2.96. The Hall–Kier alpha value is -1.39. The predicted molar refractivity (Wildman–Crippen MR) is 87.6 cm³/mol. The van der Waals surface area contributed by atoms with Gasteiger partial charge < -0.3 is 4.42 Å². The van der Waals surface area contributed by atoms with Crippen LogP contribution in [0.4, 0.5) is 0 Å². The molecule has 0 radical (unpaired) electrons. The molecule has 0 unspecified atom stereocenters. The van der Waals surface area contributed by atoms with Crippen molar-refractivity contribution in [2.24, 2.45) is 5.92 Å². The van der Waals surface area contributed by atoms with Crippen LogP contribution in [0.5, 0.6) is 0 Å². The second-order valence-electron chi connectivity index (χ2n) is 6.31. The van der Waals surface area contributed by atoms with Gasteiger partial charge in [-0.25, -0.2) is 0 Å². The summed E-state index contributed by atoms with van der Waals surface area (Å²) < 4.78 is 5.78. The van der Waals surface area contributed by atoms with Gasteiger partial charge in [0.25, 0.3) is 0 Å². The molecule has 1 saturated carbocycles. The standard InChI is InChI=1S/C17H22ClN3O/c1-12-7-9-13(10-8-12)21(2)11-16-19-20-17(22-16)14-5-3-4-6-15(14)18/h3-6,12-13H,7-11H2,1-2H3. The second-order valence-corrected chi connectivity index (χ2v) is 6.72. The summed E-state index contributed by atoms with van der Waals surface area (Å²) in [5.74, 6) is 2.00. The molecule has 5 heteroatoms. The fraction of sp³-hybridized carbons (Fsp3) is 0.529. The maximum atomic E-state index is 6.17. The SMILES string of the molecule is CC1CCC(N(C)Cc2nnc(-c3ccccc3Cl)o2)CC1. The molecule has 0 aliphatic heterocycles. The number of nitrogens with zero attached hydrogens (tertiary/aromatic N) is 3. The van der Waals surface area contributed by atoms with Gasteiger partial charge in [0.2, 0.25) is 11.8 Å². The Labute approximate surface area is 136 Å². The molecule has 0 N–H and O–H groups in total. The van der Waals surface area contributed by atoms with Crippen LogP contribution in [0, 0.1) is 5.92 Å². The Balaban J connectivity index is 1.66. The van der Waals surface area contributed by atoms with E-state index in [9.17, 15) is 0 Å². The van der Waals surface area contributed by atoms with Crippen LogP contribution in [0.15, 0.2) is 28.7 Å².